The van der Waals surface area contributed by atoms with Crippen LogP contribution < -0.4 is 5.32 Å². The number of aliphatic hydroxyl groups is 1. The fourth-order valence-corrected chi connectivity index (χ4v) is 4.43. The van der Waals surface area contributed by atoms with Crippen LogP contribution in [-0.4, -0.2) is 22.2 Å². The van der Waals surface area contributed by atoms with Crippen LogP contribution in [0, 0.1) is 0 Å². The Morgan fingerprint density at radius 3 is 2.34 bits per heavy atom. The summed E-state index contributed by atoms with van der Waals surface area (Å²) in [6.07, 6.45) is 9.05. The van der Waals surface area contributed by atoms with Crippen molar-refractivity contribution in [3.05, 3.63) is 83.4 Å². The lowest BCUT2D eigenvalue weighted by Gasteiger charge is -2.44. The molecular formula is C25H25NO3. The van der Waals surface area contributed by atoms with Crippen LogP contribution in [0.25, 0.3) is 11.5 Å². The molecule has 0 bridgehead atoms. The Morgan fingerprint density at radius 2 is 1.59 bits per heavy atom. The predicted octanol–water partition coefficient (Wildman–Crippen LogP) is 4.61. The third-order valence-electron chi connectivity index (χ3n) is 5.90. The van der Waals surface area contributed by atoms with Gasteiger partial charge in [0.05, 0.1) is 0 Å². The van der Waals surface area contributed by atoms with Crippen molar-refractivity contribution in [2.75, 3.05) is 0 Å². The van der Waals surface area contributed by atoms with E-state index in [9.17, 15) is 14.7 Å². The number of hydrogen-bond donors (Lipinski definition) is 2. The number of fused-ring (bicyclic) bond motifs is 1. The summed E-state index contributed by atoms with van der Waals surface area (Å²) in [5.41, 5.74) is 3.36. The second-order valence-electron chi connectivity index (χ2n) is 7.98. The first-order valence-electron chi connectivity index (χ1n) is 10.2. The van der Waals surface area contributed by atoms with Gasteiger partial charge in [-0.05, 0) is 24.8 Å². The summed E-state index contributed by atoms with van der Waals surface area (Å²) in [6.45, 7) is 0. The molecule has 0 atom stereocenters. The maximum absolute atomic E-state index is 12.6. The van der Waals surface area contributed by atoms with Crippen LogP contribution in [0.3, 0.4) is 0 Å². The van der Waals surface area contributed by atoms with E-state index in [1.165, 1.54) is 30.9 Å². The predicted molar refractivity (Wildman–Crippen MR) is 114 cm³/mol. The molecule has 0 unspecified atom stereocenters. The molecule has 1 heterocycles. The van der Waals surface area contributed by atoms with Crippen LogP contribution in [0.1, 0.15) is 48.8 Å². The van der Waals surface area contributed by atoms with Crippen LogP contribution in [0.4, 0.5) is 0 Å². The summed E-state index contributed by atoms with van der Waals surface area (Å²) in [7, 11) is 0. The molecule has 0 aromatic heterocycles. The lowest BCUT2D eigenvalue weighted by Crippen LogP contribution is -2.50. The monoisotopic (exact) mass is 387 g/mol. The number of benzene rings is 2. The van der Waals surface area contributed by atoms with Gasteiger partial charge in [-0.15, -0.1) is 0 Å². The maximum Gasteiger partial charge on any atom is 0.229 e. The number of aliphatic hydroxyl groups excluding tert-OH is 1. The van der Waals surface area contributed by atoms with Crippen LogP contribution in [0.5, 0.6) is 0 Å². The van der Waals surface area contributed by atoms with Gasteiger partial charge in [-0.2, -0.15) is 0 Å². The molecule has 1 spiro atoms. The molecule has 0 saturated heterocycles. The zero-order valence-corrected chi connectivity index (χ0v) is 16.4. The molecule has 1 aliphatic heterocycles. The van der Waals surface area contributed by atoms with Crippen LogP contribution in [0.2, 0.25) is 0 Å². The third-order valence-corrected chi connectivity index (χ3v) is 5.90. The molecule has 2 aromatic carbocycles. The molecule has 4 nitrogen and oxygen atoms in total. The van der Waals surface area contributed by atoms with Crippen molar-refractivity contribution >= 4 is 23.0 Å². The SMILES string of the molecule is O=C(/C=C(\O)c1ccccc1)C(=O)/C=C1\NC2(CCCCC2)Cc2ccccc21. The van der Waals surface area contributed by atoms with E-state index in [4.69, 9.17) is 0 Å². The zero-order chi connectivity index (χ0) is 20.3. The largest absolute Gasteiger partial charge is 0.507 e. The van der Waals surface area contributed by atoms with Crippen molar-refractivity contribution in [1.29, 1.82) is 0 Å². The van der Waals surface area contributed by atoms with Crippen LogP contribution >= 0.6 is 0 Å². The van der Waals surface area contributed by atoms with Gasteiger partial charge >= 0.3 is 0 Å². The fraction of sp³-hybridized carbons (Fsp3) is 0.280. The smallest absolute Gasteiger partial charge is 0.229 e. The number of rotatable bonds is 4. The Labute approximate surface area is 171 Å². The van der Waals surface area contributed by atoms with Crippen molar-refractivity contribution < 1.29 is 14.7 Å². The molecule has 4 rings (SSSR count). The Balaban J connectivity index is 1.62. The van der Waals surface area contributed by atoms with Gasteiger partial charge in [0.25, 0.3) is 0 Å². The molecule has 2 aliphatic rings. The summed E-state index contributed by atoms with van der Waals surface area (Å²) in [4.78, 5) is 25.1. The normalized spacial score (nSPS) is 19.4. The number of allylic oxidation sites excluding steroid dienone is 2. The standard InChI is InChI=1S/C25H25NO3/c27-22(18-9-3-1-4-10-18)16-24(29)23(28)15-21-20-12-6-5-11-19(20)17-25(26-21)13-7-2-8-14-25/h1,3-6,9-12,15-16,26-27H,2,7-8,13-14,17H2/b21-15-,22-16-. The van der Waals surface area contributed by atoms with Gasteiger partial charge in [-0.3, -0.25) is 9.59 Å². The van der Waals surface area contributed by atoms with Gasteiger partial charge in [-0.1, -0.05) is 73.9 Å². The second kappa shape index (κ2) is 8.08. The minimum atomic E-state index is -0.735. The van der Waals surface area contributed by atoms with Gasteiger partial charge in [0.1, 0.15) is 5.76 Å². The molecule has 29 heavy (non-hydrogen) atoms. The Bertz CT molecular complexity index is 982. The molecule has 1 saturated carbocycles. The Hall–Kier alpha value is -3.14. The van der Waals surface area contributed by atoms with Crippen molar-refractivity contribution in [2.45, 2.75) is 44.1 Å². The Kier molecular flexibility index (Phi) is 5.34. The number of hydrogen-bond acceptors (Lipinski definition) is 4. The van der Waals surface area contributed by atoms with Crippen LogP contribution in [0.15, 0.2) is 66.7 Å². The minimum absolute atomic E-state index is 0.0379. The molecule has 4 heteroatoms. The fourth-order valence-electron chi connectivity index (χ4n) is 4.43. The molecular weight excluding hydrogens is 362 g/mol. The summed E-state index contributed by atoms with van der Waals surface area (Å²) >= 11 is 0. The minimum Gasteiger partial charge on any atom is -0.507 e. The van der Waals surface area contributed by atoms with Crippen molar-refractivity contribution in [3.8, 4) is 0 Å². The average Bonchev–Trinajstić information content (AvgIpc) is 2.74. The topological polar surface area (TPSA) is 66.4 Å². The van der Waals surface area contributed by atoms with Gasteiger partial charge in [0.15, 0.2) is 0 Å². The highest BCUT2D eigenvalue weighted by molar-refractivity contribution is 6.47. The van der Waals surface area contributed by atoms with E-state index in [0.29, 0.717) is 11.3 Å². The van der Waals surface area contributed by atoms with E-state index < -0.39 is 11.6 Å². The van der Waals surface area contributed by atoms with E-state index in [1.807, 2.05) is 24.3 Å². The van der Waals surface area contributed by atoms with Crippen molar-refractivity contribution in [1.82, 2.24) is 5.32 Å². The van der Waals surface area contributed by atoms with E-state index >= 15 is 0 Å². The lowest BCUT2D eigenvalue weighted by atomic mass is 9.74. The second-order valence-corrected chi connectivity index (χ2v) is 7.98. The first kappa shape index (κ1) is 19.2. The molecule has 2 aromatic rings. The molecule has 0 radical (unpaired) electrons. The number of carbonyl (C=O) groups is 2. The maximum atomic E-state index is 12.6. The average molecular weight is 387 g/mol. The summed E-state index contributed by atoms with van der Waals surface area (Å²) in [5, 5.41) is 13.8. The van der Waals surface area contributed by atoms with Gasteiger partial charge < -0.3 is 10.4 Å². The Morgan fingerprint density at radius 1 is 0.897 bits per heavy atom. The molecule has 2 N–H and O–H groups in total. The van der Waals surface area contributed by atoms with Crippen molar-refractivity contribution in [2.24, 2.45) is 0 Å². The van der Waals surface area contributed by atoms with Gasteiger partial charge in [0, 0.05) is 34.5 Å². The van der Waals surface area contributed by atoms with Crippen LogP contribution in [-0.2, 0) is 16.0 Å². The summed E-state index contributed by atoms with van der Waals surface area (Å²) < 4.78 is 0. The van der Waals surface area contributed by atoms with Crippen molar-refractivity contribution in [3.63, 3.8) is 0 Å². The first-order valence-corrected chi connectivity index (χ1v) is 10.2. The van der Waals surface area contributed by atoms with E-state index in [2.05, 4.69) is 11.4 Å². The van der Waals surface area contributed by atoms with Gasteiger partial charge in [0.2, 0.25) is 11.6 Å². The number of carbonyl (C=O) groups excluding carboxylic acids is 2. The molecule has 0 amide bonds. The summed E-state index contributed by atoms with van der Waals surface area (Å²) in [5.74, 6) is -1.58. The molecule has 1 aliphatic carbocycles. The third kappa shape index (κ3) is 4.16. The number of nitrogens with one attached hydrogen (secondary N) is 1. The molecule has 148 valence electrons. The highest BCUT2D eigenvalue weighted by Crippen LogP contribution is 2.38. The van der Waals surface area contributed by atoms with E-state index in [0.717, 1.165) is 30.9 Å². The van der Waals surface area contributed by atoms with Gasteiger partial charge in [-0.25, -0.2) is 0 Å². The highest BCUT2D eigenvalue weighted by Gasteiger charge is 2.37. The lowest BCUT2D eigenvalue weighted by molar-refractivity contribution is -0.130. The zero-order valence-electron chi connectivity index (χ0n) is 16.4. The molecule has 1 fully saturated rings. The summed E-state index contributed by atoms with van der Waals surface area (Å²) in [6, 6.07) is 16.8. The highest BCUT2D eigenvalue weighted by atomic mass is 16.3. The van der Waals surface area contributed by atoms with E-state index in [-0.39, 0.29) is 11.3 Å². The van der Waals surface area contributed by atoms with E-state index in [1.54, 1.807) is 24.3 Å². The number of ketones is 2. The quantitative estimate of drug-likeness (QED) is 0.457. The first-order chi connectivity index (χ1) is 14.1.